The van der Waals surface area contributed by atoms with Crippen molar-refractivity contribution in [2.45, 2.75) is 38.2 Å². The van der Waals surface area contributed by atoms with Gasteiger partial charge >= 0.3 is 0 Å². The lowest BCUT2D eigenvalue weighted by molar-refractivity contribution is 0.151. The molecule has 1 aliphatic rings. The Kier molecular flexibility index (Phi) is 3.24. The van der Waals surface area contributed by atoms with Crippen molar-refractivity contribution in [2.24, 2.45) is 0 Å². The number of halogens is 2. The Hall–Kier alpha value is -0.960. The predicted octanol–water partition coefficient (Wildman–Crippen LogP) is 3.31. The fourth-order valence-corrected chi connectivity index (χ4v) is 2.40. The van der Waals surface area contributed by atoms with Gasteiger partial charge in [-0.1, -0.05) is 24.3 Å². The average molecular weight is 225 g/mol. The van der Waals surface area contributed by atoms with Crippen LogP contribution in [0.4, 0.5) is 8.78 Å². The SMILES string of the molecule is CC1(Cc2cccc(C(F)F)c2)CCCN1. The molecule has 16 heavy (non-hydrogen) atoms. The van der Waals surface area contributed by atoms with Gasteiger partial charge in [0.15, 0.2) is 0 Å². The largest absolute Gasteiger partial charge is 0.311 e. The molecule has 1 fully saturated rings. The summed E-state index contributed by atoms with van der Waals surface area (Å²) in [6.45, 7) is 3.19. The van der Waals surface area contributed by atoms with Gasteiger partial charge in [-0.15, -0.1) is 0 Å². The zero-order chi connectivity index (χ0) is 11.6. The summed E-state index contributed by atoms with van der Waals surface area (Å²) in [7, 11) is 0. The molecule has 1 aliphatic heterocycles. The molecule has 0 spiro atoms. The van der Waals surface area contributed by atoms with E-state index in [0.29, 0.717) is 0 Å². The monoisotopic (exact) mass is 225 g/mol. The van der Waals surface area contributed by atoms with Gasteiger partial charge in [-0.05, 0) is 38.3 Å². The number of hydrogen-bond acceptors (Lipinski definition) is 1. The van der Waals surface area contributed by atoms with Crippen LogP contribution in [0.2, 0.25) is 0 Å². The summed E-state index contributed by atoms with van der Waals surface area (Å²) in [5.74, 6) is 0. The number of rotatable bonds is 3. The molecule has 1 aromatic carbocycles. The highest BCUT2D eigenvalue weighted by Crippen LogP contribution is 2.25. The third-order valence-electron chi connectivity index (χ3n) is 3.25. The highest BCUT2D eigenvalue weighted by molar-refractivity contribution is 5.26. The van der Waals surface area contributed by atoms with E-state index in [2.05, 4.69) is 12.2 Å². The van der Waals surface area contributed by atoms with Crippen molar-refractivity contribution in [2.75, 3.05) is 6.54 Å². The molecule has 88 valence electrons. The van der Waals surface area contributed by atoms with E-state index in [-0.39, 0.29) is 11.1 Å². The Morgan fingerprint density at radius 1 is 1.44 bits per heavy atom. The smallest absolute Gasteiger partial charge is 0.263 e. The van der Waals surface area contributed by atoms with Gasteiger partial charge in [0.25, 0.3) is 6.43 Å². The summed E-state index contributed by atoms with van der Waals surface area (Å²) in [6.07, 6.45) is 0.745. The molecular formula is C13H17F2N. The average Bonchev–Trinajstić information content (AvgIpc) is 2.65. The van der Waals surface area contributed by atoms with Crippen LogP contribution in [0.3, 0.4) is 0 Å². The van der Waals surface area contributed by atoms with Gasteiger partial charge in [-0.25, -0.2) is 8.78 Å². The minimum atomic E-state index is -2.37. The molecule has 2 rings (SSSR count). The van der Waals surface area contributed by atoms with Gasteiger partial charge in [0, 0.05) is 11.1 Å². The maximum absolute atomic E-state index is 12.5. The number of hydrogen-bond donors (Lipinski definition) is 1. The van der Waals surface area contributed by atoms with Crippen molar-refractivity contribution < 1.29 is 8.78 Å². The van der Waals surface area contributed by atoms with Gasteiger partial charge in [0.2, 0.25) is 0 Å². The molecule has 0 radical (unpaired) electrons. The molecule has 0 aromatic heterocycles. The Balaban J connectivity index is 2.12. The fraction of sp³-hybridized carbons (Fsp3) is 0.538. The lowest BCUT2D eigenvalue weighted by atomic mass is 9.91. The van der Waals surface area contributed by atoms with Crippen molar-refractivity contribution in [3.63, 3.8) is 0 Å². The Labute approximate surface area is 94.9 Å². The van der Waals surface area contributed by atoms with Crippen molar-refractivity contribution >= 4 is 0 Å². The molecular weight excluding hydrogens is 208 g/mol. The van der Waals surface area contributed by atoms with Crippen LogP contribution in [0.1, 0.15) is 37.3 Å². The maximum Gasteiger partial charge on any atom is 0.263 e. The Morgan fingerprint density at radius 3 is 2.88 bits per heavy atom. The van der Waals surface area contributed by atoms with Crippen LogP contribution in [0.25, 0.3) is 0 Å². The lowest BCUT2D eigenvalue weighted by Crippen LogP contribution is -2.38. The second kappa shape index (κ2) is 4.50. The summed E-state index contributed by atoms with van der Waals surface area (Å²) >= 11 is 0. The number of nitrogens with one attached hydrogen (secondary N) is 1. The Bertz CT molecular complexity index is 357. The van der Waals surface area contributed by atoms with E-state index in [1.54, 1.807) is 12.1 Å². The summed E-state index contributed by atoms with van der Waals surface area (Å²) < 4.78 is 25.1. The highest BCUT2D eigenvalue weighted by Gasteiger charge is 2.28. The second-order valence-corrected chi connectivity index (χ2v) is 4.81. The maximum atomic E-state index is 12.5. The van der Waals surface area contributed by atoms with Crippen molar-refractivity contribution in [3.05, 3.63) is 35.4 Å². The van der Waals surface area contributed by atoms with Crippen LogP contribution >= 0.6 is 0 Å². The van der Waals surface area contributed by atoms with Crippen LogP contribution in [-0.2, 0) is 6.42 Å². The number of benzene rings is 1. The van der Waals surface area contributed by atoms with Crippen LogP contribution in [0, 0.1) is 0 Å². The molecule has 0 bridgehead atoms. The number of alkyl halides is 2. The van der Waals surface area contributed by atoms with E-state index in [0.717, 1.165) is 24.9 Å². The minimum Gasteiger partial charge on any atom is -0.311 e. The van der Waals surface area contributed by atoms with Crippen LogP contribution in [0.5, 0.6) is 0 Å². The second-order valence-electron chi connectivity index (χ2n) is 4.81. The quantitative estimate of drug-likeness (QED) is 0.832. The van der Waals surface area contributed by atoms with Crippen LogP contribution in [-0.4, -0.2) is 12.1 Å². The zero-order valence-electron chi connectivity index (χ0n) is 9.47. The summed E-state index contributed by atoms with van der Waals surface area (Å²) in [5.41, 5.74) is 1.20. The first-order chi connectivity index (χ1) is 7.59. The minimum absolute atomic E-state index is 0.0841. The predicted molar refractivity (Wildman–Crippen MR) is 60.7 cm³/mol. The van der Waals surface area contributed by atoms with E-state index in [4.69, 9.17) is 0 Å². The first-order valence-corrected chi connectivity index (χ1v) is 5.71. The normalized spacial score (nSPS) is 25.2. The standard InChI is InChI=1S/C13H17F2N/c1-13(6-3-7-16-13)9-10-4-2-5-11(8-10)12(14)15/h2,4-5,8,12,16H,3,6-7,9H2,1H3. The van der Waals surface area contributed by atoms with Crippen molar-refractivity contribution in [1.29, 1.82) is 0 Å². The highest BCUT2D eigenvalue weighted by atomic mass is 19.3. The third-order valence-corrected chi connectivity index (χ3v) is 3.25. The van der Waals surface area contributed by atoms with Crippen LogP contribution in [0.15, 0.2) is 24.3 Å². The van der Waals surface area contributed by atoms with E-state index in [9.17, 15) is 8.78 Å². The third kappa shape index (κ3) is 2.59. The van der Waals surface area contributed by atoms with Gasteiger partial charge in [-0.3, -0.25) is 0 Å². The van der Waals surface area contributed by atoms with Crippen molar-refractivity contribution in [3.8, 4) is 0 Å². The van der Waals surface area contributed by atoms with E-state index >= 15 is 0 Å². The molecule has 1 unspecified atom stereocenters. The molecule has 1 aromatic rings. The Morgan fingerprint density at radius 2 is 2.25 bits per heavy atom. The van der Waals surface area contributed by atoms with Gasteiger partial charge in [0.05, 0.1) is 0 Å². The molecule has 1 heterocycles. The van der Waals surface area contributed by atoms with E-state index < -0.39 is 6.43 Å². The lowest BCUT2D eigenvalue weighted by Gasteiger charge is -2.24. The van der Waals surface area contributed by atoms with Crippen LogP contribution < -0.4 is 5.32 Å². The first kappa shape index (κ1) is 11.5. The molecule has 0 amide bonds. The molecule has 1 nitrogen and oxygen atoms in total. The first-order valence-electron chi connectivity index (χ1n) is 5.71. The zero-order valence-corrected chi connectivity index (χ0v) is 9.47. The molecule has 3 heteroatoms. The fourth-order valence-electron chi connectivity index (χ4n) is 2.40. The van der Waals surface area contributed by atoms with Gasteiger partial charge in [0.1, 0.15) is 0 Å². The van der Waals surface area contributed by atoms with Gasteiger partial charge < -0.3 is 5.32 Å². The molecule has 0 aliphatic carbocycles. The molecule has 1 atom stereocenters. The summed E-state index contributed by atoms with van der Waals surface area (Å²) in [5, 5.41) is 3.44. The summed E-state index contributed by atoms with van der Waals surface area (Å²) in [4.78, 5) is 0. The van der Waals surface area contributed by atoms with E-state index in [1.807, 2.05) is 6.07 Å². The summed E-state index contributed by atoms with van der Waals surface area (Å²) in [6, 6.07) is 6.75. The van der Waals surface area contributed by atoms with E-state index in [1.165, 1.54) is 12.5 Å². The molecule has 1 saturated heterocycles. The van der Waals surface area contributed by atoms with Crippen molar-refractivity contribution in [1.82, 2.24) is 5.32 Å². The molecule has 0 saturated carbocycles. The van der Waals surface area contributed by atoms with Gasteiger partial charge in [-0.2, -0.15) is 0 Å². The molecule has 1 N–H and O–H groups in total. The topological polar surface area (TPSA) is 12.0 Å².